The minimum absolute atomic E-state index is 0.0546. The fourth-order valence-electron chi connectivity index (χ4n) is 1.46. The largest absolute Gasteiger partial charge is 0.480 e. The molecule has 0 fully saturated rings. The van der Waals surface area contributed by atoms with Crippen LogP contribution in [-0.4, -0.2) is 38.5 Å². The fourth-order valence-corrected chi connectivity index (χ4v) is 2.27. The van der Waals surface area contributed by atoms with Crippen LogP contribution in [0.15, 0.2) is 18.3 Å². The van der Waals surface area contributed by atoms with E-state index in [9.17, 15) is 14.4 Å². The van der Waals surface area contributed by atoms with Crippen molar-refractivity contribution in [3.05, 3.63) is 24.0 Å². The van der Waals surface area contributed by atoms with Crippen molar-refractivity contribution in [2.24, 2.45) is 7.05 Å². The van der Waals surface area contributed by atoms with Crippen molar-refractivity contribution in [1.29, 1.82) is 0 Å². The van der Waals surface area contributed by atoms with Crippen molar-refractivity contribution in [2.75, 3.05) is 5.75 Å². The molecule has 0 aliphatic carbocycles. The van der Waals surface area contributed by atoms with E-state index in [1.54, 1.807) is 36.9 Å². The number of carboxylic acid groups (broad SMARTS) is 1. The Bertz CT molecular complexity index is 484. The second kappa shape index (κ2) is 6.98. The number of hydrogen-bond donors (Lipinski definition) is 2. The SMILES string of the molecule is CCC(SCC(=O)NC(=O)c1cccn1C)C(=O)O. The molecule has 0 spiro atoms. The maximum absolute atomic E-state index is 11.7. The normalized spacial score (nSPS) is 11.9. The second-order valence-electron chi connectivity index (χ2n) is 3.93. The maximum atomic E-state index is 11.7. The summed E-state index contributed by atoms with van der Waals surface area (Å²) in [5.41, 5.74) is 0.378. The highest BCUT2D eigenvalue weighted by molar-refractivity contribution is 8.01. The predicted octanol–water partition coefficient (Wildman–Crippen LogP) is 0.878. The van der Waals surface area contributed by atoms with Crippen LogP contribution in [0.1, 0.15) is 23.8 Å². The van der Waals surface area contributed by atoms with E-state index in [1.807, 2.05) is 0 Å². The first-order chi connectivity index (χ1) is 8.95. The van der Waals surface area contributed by atoms with Crippen LogP contribution in [-0.2, 0) is 16.6 Å². The summed E-state index contributed by atoms with van der Waals surface area (Å²) in [4.78, 5) is 34.0. The van der Waals surface area contributed by atoms with Gasteiger partial charge in [-0.2, -0.15) is 0 Å². The van der Waals surface area contributed by atoms with E-state index in [-0.39, 0.29) is 5.75 Å². The maximum Gasteiger partial charge on any atom is 0.316 e. The number of amides is 2. The van der Waals surface area contributed by atoms with E-state index >= 15 is 0 Å². The third-order valence-corrected chi connectivity index (χ3v) is 3.86. The molecule has 104 valence electrons. The Morgan fingerprint density at radius 3 is 2.63 bits per heavy atom. The number of aliphatic carboxylic acids is 1. The zero-order valence-corrected chi connectivity index (χ0v) is 11.6. The Kier molecular flexibility index (Phi) is 5.62. The zero-order valence-electron chi connectivity index (χ0n) is 10.8. The van der Waals surface area contributed by atoms with E-state index < -0.39 is 23.0 Å². The van der Waals surface area contributed by atoms with E-state index in [0.29, 0.717) is 12.1 Å². The zero-order chi connectivity index (χ0) is 14.4. The topological polar surface area (TPSA) is 88.4 Å². The number of aromatic nitrogens is 1. The number of imide groups is 1. The summed E-state index contributed by atoms with van der Waals surface area (Å²) in [6.07, 6.45) is 2.13. The van der Waals surface area contributed by atoms with Crippen molar-refractivity contribution in [2.45, 2.75) is 18.6 Å². The first kappa shape index (κ1) is 15.3. The number of nitrogens with zero attached hydrogens (tertiary/aromatic N) is 1. The number of hydrogen-bond acceptors (Lipinski definition) is 4. The van der Waals surface area contributed by atoms with Crippen molar-refractivity contribution in [3.63, 3.8) is 0 Å². The summed E-state index contributed by atoms with van der Waals surface area (Å²) in [5, 5.41) is 10.4. The van der Waals surface area contributed by atoms with Gasteiger partial charge in [0.05, 0.1) is 5.75 Å². The molecule has 1 aromatic heterocycles. The first-order valence-electron chi connectivity index (χ1n) is 5.75. The van der Waals surface area contributed by atoms with Crippen LogP contribution in [0.25, 0.3) is 0 Å². The van der Waals surface area contributed by atoms with Gasteiger partial charge in [0.1, 0.15) is 10.9 Å². The molecular weight excluding hydrogens is 268 g/mol. The Morgan fingerprint density at radius 1 is 1.47 bits per heavy atom. The molecule has 1 atom stereocenters. The van der Waals surface area contributed by atoms with E-state index in [4.69, 9.17) is 5.11 Å². The molecule has 1 heterocycles. The van der Waals surface area contributed by atoms with Crippen LogP contribution in [0, 0.1) is 0 Å². The number of aryl methyl sites for hydroxylation is 1. The standard InChI is InChI=1S/C12H16N2O4S/c1-3-9(12(17)18)19-7-10(15)13-11(16)8-5-4-6-14(8)2/h4-6,9H,3,7H2,1-2H3,(H,17,18)(H,13,15,16). The Labute approximate surface area is 115 Å². The highest BCUT2D eigenvalue weighted by atomic mass is 32.2. The van der Waals surface area contributed by atoms with Gasteiger partial charge in [0.25, 0.3) is 5.91 Å². The number of carbonyl (C=O) groups is 3. The first-order valence-corrected chi connectivity index (χ1v) is 6.80. The number of carbonyl (C=O) groups excluding carboxylic acids is 2. The highest BCUT2D eigenvalue weighted by Crippen LogP contribution is 2.14. The molecule has 0 aliphatic rings. The molecule has 0 saturated heterocycles. The summed E-state index contributed by atoms with van der Waals surface area (Å²) in [7, 11) is 1.70. The average molecular weight is 284 g/mol. The Morgan fingerprint density at radius 2 is 2.16 bits per heavy atom. The van der Waals surface area contributed by atoms with Crippen LogP contribution in [0.3, 0.4) is 0 Å². The number of thioether (sulfide) groups is 1. The summed E-state index contributed by atoms with van der Waals surface area (Å²) < 4.78 is 1.60. The van der Waals surface area contributed by atoms with Gasteiger partial charge < -0.3 is 9.67 Å². The Balaban J connectivity index is 2.46. The van der Waals surface area contributed by atoms with E-state index in [1.165, 1.54) is 0 Å². The molecule has 0 bridgehead atoms. The van der Waals surface area contributed by atoms with Crippen LogP contribution in [0.4, 0.5) is 0 Å². The average Bonchev–Trinajstić information content (AvgIpc) is 2.75. The smallest absolute Gasteiger partial charge is 0.316 e. The van der Waals surface area contributed by atoms with Crippen molar-refractivity contribution in [3.8, 4) is 0 Å². The molecule has 0 radical (unpaired) electrons. The van der Waals surface area contributed by atoms with Gasteiger partial charge in [-0.15, -0.1) is 11.8 Å². The molecule has 2 amide bonds. The van der Waals surface area contributed by atoms with Crippen LogP contribution < -0.4 is 5.32 Å². The minimum Gasteiger partial charge on any atom is -0.480 e. The molecule has 0 saturated carbocycles. The predicted molar refractivity (Wildman–Crippen MR) is 72.1 cm³/mol. The number of nitrogens with one attached hydrogen (secondary N) is 1. The van der Waals surface area contributed by atoms with Gasteiger partial charge in [0.2, 0.25) is 5.91 Å². The van der Waals surface area contributed by atoms with Gasteiger partial charge in [-0.25, -0.2) is 0 Å². The van der Waals surface area contributed by atoms with Crippen LogP contribution in [0.2, 0.25) is 0 Å². The summed E-state index contributed by atoms with van der Waals surface area (Å²) in [6.45, 7) is 1.73. The Hall–Kier alpha value is -1.76. The molecule has 1 aromatic rings. The van der Waals surface area contributed by atoms with Gasteiger partial charge in [-0.1, -0.05) is 6.92 Å². The van der Waals surface area contributed by atoms with Gasteiger partial charge in [-0.3, -0.25) is 19.7 Å². The van der Waals surface area contributed by atoms with Crippen LogP contribution in [0.5, 0.6) is 0 Å². The van der Waals surface area contributed by atoms with Crippen molar-refractivity contribution >= 4 is 29.5 Å². The minimum atomic E-state index is -0.950. The number of carboxylic acids is 1. The second-order valence-corrected chi connectivity index (χ2v) is 5.12. The lowest BCUT2D eigenvalue weighted by molar-refractivity contribution is -0.136. The molecule has 0 aromatic carbocycles. The van der Waals surface area contributed by atoms with Gasteiger partial charge >= 0.3 is 5.97 Å². The monoisotopic (exact) mass is 284 g/mol. The van der Waals surface area contributed by atoms with Crippen LogP contribution >= 0.6 is 11.8 Å². The molecule has 2 N–H and O–H groups in total. The van der Waals surface area contributed by atoms with E-state index in [2.05, 4.69) is 5.32 Å². The molecular formula is C12H16N2O4S. The molecule has 1 unspecified atom stereocenters. The number of rotatable bonds is 6. The third-order valence-electron chi connectivity index (χ3n) is 2.49. The lowest BCUT2D eigenvalue weighted by Crippen LogP contribution is -2.33. The third kappa shape index (κ3) is 4.44. The highest BCUT2D eigenvalue weighted by Gasteiger charge is 2.18. The molecule has 6 nitrogen and oxygen atoms in total. The molecule has 19 heavy (non-hydrogen) atoms. The molecule has 0 aliphatic heterocycles. The summed E-state index contributed by atoms with van der Waals surface area (Å²) in [6, 6.07) is 3.30. The quantitative estimate of drug-likeness (QED) is 0.809. The van der Waals surface area contributed by atoms with E-state index in [0.717, 1.165) is 11.8 Å². The summed E-state index contributed by atoms with van der Waals surface area (Å²) in [5.74, 6) is -1.98. The van der Waals surface area contributed by atoms with Gasteiger partial charge in [-0.05, 0) is 18.6 Å². The lowest BCUT2D eigenvalue weighted by Gasteiger charge is -2.09. The van der Waals surface area contributed by atoms with Gasteiger partial charge in [0.15, 0.2) is 0 Å². The fraction of sp³-hybridized carbons (Fsp3) is 0.417. The van der Waals surface area contributed by atoms with Crippen molar-refractivity contribution < 1.29 is 19.5 Å². The van der Waals surface area contributed by atoms with Gasteiger partial charge in [0, 0.05) is 13.2 Å². The van der Waals surface area contributed by atoms with Crippen molar-refractivity contribution in [1.82, 2.24) is 9.88 Å². The molecule has 7 heteroatoms. The molecule has 1 rings (SSSR count). The summed E-state index contributed by atoms with van der Waals surface area (Å²) >= 11 is 1.01. The lowest BCUT2D eigenvalue weighted by atomic mass is 10.3.